The number of methoxy groups -OCH3 is 1. The van der Waals surface area contributed by atoms with Crippen LogP contribution < -0.4 is 10.1 Å². The van der Waals surface area contributed by atoms with Crippen LogP contribution in [-0.4, -0.2) is 47.7 Å². The molecule has 25 heavy (non-hydrogen) atoms. The highest BCUT2D eigenvalue weighted by Gasteiger charge is 2.30. The van der Waals surface area contributed by atoms with E-state index >= 15 is 0 Å². The van der Waals surface area contributed by atoms with E-state index < -0.39 is 5.60 Å². The Morgan fingerprint density at radius 1 is 1.40 bits per heavy atom. The summed E-state index contributed by atoms with van der Waals surface area (Å²) in [5.41, 5.74) is 0.382. The summed E-state index contributed by atoms with van der Waals surface area (Å²) in [6, 6.07) is 3.62. The molecule has 0 radical (unpaired) electrons. The second kappa shape index (κ2) is 8.18. The largest absolute Gasteiger partial charge is 0.481 e. The fourth-order valence-electron chi connectivity index (χ4n) is 2.69. The quantitative estimate of drug-likeness (QED) is 0.902. The second-order valence-corrected chi connectivity index (χ2v) is 7.19. The normalized spacial score (nSPS) is 17.8. The van der Waals surface area contributed by atoms with Crippen molar-refractivity contribution in [2.45, 2.75) is 45.8 Å². The molecule has 0 aliphatic carbocycles. The van der Waals surface area contributed by atoms with E-state index in [1.54, 1.807) is 24.3 Å². The van der Waals surface area contributed by atoms with Crippen molar-refractivity contribution in [2.24, 2.45) is 5.92 Å². The fourth-order valence-corrected chi connectivity index (χ4v) is 2.69. The van der Waals surface area contributed by atoms with Crippen molar-refractivity contribution < 1.29 is 19.1 Å². The van der Waals surface area contributed by atoms with Crippen LogP contribution in [0.2, 0.25) is 0 Å². The van der Waals surface area contributed by atoms with Gasteiger partial charge in [-0.1, -0.05) is 0 Å². The number of carbonyl (C=O) groups is 2. The molecule has 0 saturated carbocycles. The number of likely N-dealkylation sites (tertiary alicyclic amines) is 1. The van der Waals surface area contributed by atoms with Gasteiger partial charge in [0.1, 0.15) is 5.60 Å². The number of amides is 2. The molecule has 1 aromatic heterocycles. The minimum Gasteiger partial charge on any atom is -0.481 e. The molecule has 1 saturated heterocycles. The number of piperidine rings is 1. The Bertz CT molecular complexity index is 613. The first-order valence-corrected chi connectivity index (χ1v) is 8.53. The predicted octanol–water partition coefficient (Wildman–Crippen LogP) is 2.35. The van der Waals surface area contributed by atoms with Crippen LogP contribution in [0.15, 0.2) is 18.3 Å². The number of pyridine rings is 1. The van der Waals surface area contributed by atoms with E-state index in [4.69, 9.17) is 9.47 Å². The summed E-state index contributed by atoms with van der Waals surface area (Å²) < 4.78 is 10.5. The van der Waals surface area contributed by atoms with Crippen LogP contribution in [0.25, 0.3) is 0 Å². The van der Waals surface area contributed by atoms with E-state index in [0.717, 1.165) is 18.4 Å². The van der Waals surface area contributed by atoms with Gasteiger partial charge in [0.2, 0.25) is 11.8 Å². The molecule has 2 rings (SSSR count). The standard InChI is InChI=1S/C18H27N3O4/c1-18(2,3)25-17(23)21-9-5-6-14(12-21)16(22)20-11-13-7-8-19-15(10-13)24-4/h7-8,10,14H,5-6,9,11-12H2,1-4H3,(H,20,22). The lowest BCUT2D eigenvalue weighted by atomic mass is 9.97. The van der Waals surface area contributed by atoms with Crippen molar-refractivity contribution >= 4 is 12.0 Å². The Morgan fingerprint density at radius 3 is 2.84 bits per heavy atom. The molecule has 0 bridgehead atoms. The lowest BCUT2D eigenvalue weighted by Crippen LogP contribution is -2.46. The van der Waals surface area contributed by atoms with E-state index in [0.29, 0.717) is 25.5 Å². The number of rotatable bonds is 4. The van der Waals surface area contributed by atoms with Gasteiger partial charge in [-0.3, -0.25) is 4.79 Å². The molecular formula is C18H27N3O4. The SMILES string of the molecule is COc1cc(CNC(=O)C2CCCN(C(=O)OC(C)(C)C)C2)ccn1. The van der Waals surface area contributed by atoms with Crippen molar-refractivity contribution in [1.82, 2.24) is 15.2 Å². The van der Waals surface area contributed by atoms with Crippen molar-refractivity contribution in [1.29, 1.82) is 0 Å². The highest BCUT2D eigenvalue weighted by Crippen LogP contribution is 2.20. The first-order chi connectivity index (χ1) is 11.8. The Labute approximate surface area is 148 Å². The number of hydrogen-bond acceptors (Lipinski definition) is 5. The Hall–Kier alpha value is -2.31. The average Bonchev–Trinajstić information content (AvgIpc) is 2.58. The zero-order chi connectivity index (χ0) is 18.4. The second-order valence-electron chi connectivity index (χ2n) is 7.19. The van der Waals surface area contributed by atoms with Gasteiger partial charge in [-0.25, -0.2) is 9.78 Å². The first kappa shape index (κ1) is 19.0. The maximum atomic E-state index is 12.4. The Kier molecular flexibility index (Phi) is 6.22. The Morgan fingerprint density at radius 2 is 2.16 bits per heavy atom. The summed E-state index contributed by atoms with van der Waals surface area (Å²) in [6.45, 7) is 6.92. The van der Waals surface area contributed by atoms with Crippen LogP contribution in [-0.2, 0) is 16.1 Å². The van der Waals surface area contributed by atoms with Crippen LogP contribution in [0.5, 0.6) is 5.88 Å². The number of ether oxygens (including phenoxy) is 2. The molecule has 7 nitrogen and oxygen atoms in total. The van der Waals surface area contributed by atoms with Gasteiger partial charge in [-0.15, -0.1) is 0 Å². The van der Waals surface area contributed by atoms with Crippen LogP contribution in [0.4, 0.5) is 4.79 Å². The number of nitrogens with zero attached hydrogens (tertiary/aromatic N) is 2. The summed E-state index contributed by atoms with van der Waals surface area (Å²) >= 11 is 0. The van der Waals surface area contributed by atoms with Crippen LogP contribution in [0.3, 0.4) is 0 Å². The minimum absolute atomic E-state index is 0.0518. The summed E-state index contributed by atoms with van der Waals surface area (Å²) in [5.74, 6) is 0.245. The van der Waals surface area contributed by atoms with E-state index in [1.807, 2.05) is 26.8 Å². The smallest absolute Gasteiger partial charge is 0.410 e. The van der Waals surface area contributed by atoms with Crippen LogP contribution in [0, 0.1) is 5.92 Å². The first-order valence-electron chi connectivity index (χ1n) is 8.53. The van der Waals surface area contributed by atoms with Crippen molar-refractivity contribution in [2.75, 3.05) is 20.2 Å². The third-order valence-corrected chi connectivity index (χ3v) is 3.92. The molecule has 138 valence electrons. The van der Waals surface area contributed by atoms with Gasteiger partial charge in [0, 0.05) is 31.9 Å². The highest BCUT2D eigenvalue weighted by atomic mass is 16.6. The molecule has 7 heteroatoms. The summed E-state index contributed by atoms with van der Waals surface area (Å²) in [4.78, 5) is 30.3. The van der Waals surface area contributed by atoms with Gasteiger partial charge in [-0.2, -0.15) is 0 Å². The topological polar surface area (TPSA) is 80.8 Å². The monoisotopic (exact) mass is 349 g/mol. The Balaban J connectivity index is 1.87. The molecule has 1 aliphatic rings. The summed E-state index contributed by atoms with van der Waals surface area (Å²) in [6.07, 6.45) is 2.85. The fraction of sp³-hybridized carbons (Fsp3) is 0.611. The summed E-state index contributed by atoms with van der Waals surface area (Å²) in [7, 11) is 1.55. The number of hydrogen-bond donors (Lipinski definition) is 1. The molecule has 1 aromatic rings. The van der Waals surface area contributed by atoms with Crippen molar-refractivity contribution in [3.63, 3.8) is 0 Å². The molecular weight excluding hydrogens is 322 g/mol. The lowest BCUT2D eigenvalue weighted by Gasteiger charge is -2.33. The van der Waals surface area contributed by atoms with Crippen LogP contribution in [0.1, 0.15) is 39.2 Å². The molecule has 0 spiro atoms. The van der Waals surface area contributed by atoms with Gasteiger partial charge in [0.05, 0.1) is 13.0 Å². The molecule has 1 fully saturated rings. The maximum Gasteiger partial charge on any atom is 0.410 e. The molecule has 1 atom stereocenters. The van der Waals surface area contributed by atoms with Gasteiger partial charge >= 0.3 is 6.09 Å². The van der Waals surface area contributed by atoms with Gasteiger partial charge in [0.15, 0.2) is 0 Å². The van der Waals surface area contributed by atoms with E-state index in [-0.39, 0.29) is 17.9 Å². The molecule has 1 N–H and O–H groups in total. The molecule has 2 heterocycles. The third-order valence-electron chi connectivity index (χ3n) is 3.92. The number of nitrogens with one attached hydrogen (secondary N) is 1. The van der Waals surface area contributed by atoms with Crippen molar-refractivity contribution in [3.05, 3.63) is 23.9 Å². The van der Waals surface area contributed by atoms with Crippen LogP contribution >= 0.6 is 0 Å². The predicted molar refractivity (Wildman–Crippen MR) is 93.2 cm³/mol. The molecule has 1 unspecified atom stereocenters. The van der Waals surface area contributed by atoms with E-state index in [9.17, 15) is 9.59 Å². The minimum atomic E-state index is -0.535. The van der Waals surface area contributed by atoms with E-state index in [2.05, 4.69) is 10.3 Å². The highest BCUT2D eigenvalue weighted by molar-refractivity contribution is 5.80. The zero-order valence-electron chi connectivity index (χ0n) is 15.4. The zero-order valence-corrected chi connectivity index (χ0v) is 15.4. The third kappa shape index (κ3) is 5.92. The maximum absolute atomic E-state index is 12.4. The van der Waals surface area contributed by atoms with E-state index in [1.165, 1.54) is 0 Å². The van der Waals surface area contributed by atoms with Gasteiger partial charge in [-0.05, 0) is 45.2 Å². The van der Waals surface area contributed by atoms with Crippen molar-refractivity contribution in [3.8, 4) is 5.88 Å². The average molecular weight is 349 g/mol. The summed E-state index contributed by atoms with van der Waals surface area (Å²) in [5, 5.41) is 2.93. The molecule has 1 aliphatic heterocycles. The molecule has 0 aromatic carbocycles. The number of carbonyl (C=O) groups excluding carboxylic acids is 2. The lowest BCUT2D eigenvalue weighted by molar-refractivity contribution is -0.126. The molecule has 2 amide bonds. The van der Waals surface area contributed by atoms with Gasteiger partial charge in [0.25, 0.3) is 0 Å². The van der Waals surface area contributed by atoms with Gasteiger partial charge < -0.3 is 19.7 Å². The number of aromatic nitrogens is 1.